The van der Waals surface area contributed by atoms with E-state index in [1.54, 1.807) is 6.20 Å². The maximum absolute atomic E-state index is 12.0. The highest BCUT2D eigenvalue weighted by Crippen LogP contribution is 2.22. The molecule has 1 fully saturated rings. The van der Waals surface area contributed by atoms with Crippen LogP contribution in [0.25, 0.3) is 0 Å². The number of benzene rings is 1. The van der Waals surface area contributed by atoms with Gasteiger partial charge in [-0.2, -0.15) is 0 Å². The first-order chi connectivity index (χ1) is 10.6. The minimum atomic E-state index is -0.545. The van der Waals surface area contributed by atoms with Crippen molar-refractivity contribution < 1.29 is 9.59 Å². The van der Waals surface area contributed by atoms with E-state index in [0.29, 0.717) is 11.7 Å². The number of hydrogen-bond donors (Lipinski definition) is 3. The van der Waals surface area contributed by atoms with Crippen molar-refractivity contribution in [3.05, 3.63) is 46.5 Å². The molecule has 1 saturated heterocycles. The van der Waals surface area contributed by atoms with Gasteiger partial charge in [0.2, 0.25) is 0 Å². The molecule has 0 aliphatic carbocycles. The molecule has 3 N–H and O–H groups in total. The topological polar surface area (TPSA) is 83.1 Å². The molecule has 1 aliphatic heterocycles. The summed E-state index contributed by atoms with van der Waals surface area (Å²) in [6, 6.07) is 7.33. The van der Waals surface area contributed by atoms with Gasteiger partial charge < -0.3 is 16.0 Å². The molecule has 1 aromatic heterocycles. The van der Waals surface area contributed by atoms with E-state index in [0.717, 1.165) is 11.3 Å². The number of rotatable bonds is 4. The highest BCUT2D eigenvalue weighted by atomic mass is 32.1. The Morgan fingerprint density at radius 3 is 3.00 bits per heavy atom. The fraction of sp³-hybridized carbons (Fsp3) is 0.267. The van der Waals surface area contributed by atoms with E-state index in [1.807, 2.05) is 12.1 Å². The normalized spacial score (nSPS) is 17.0. The number of hydrogen-bond acceptors (Lipinski definition) is 4. The van der Waals surface area contributed by atoms with Crippen molar-refractivity contribution in [2.45, 2.75) is 19.4 Å². The number of aromatic nitrogens is 1. The lowest BCUT2D eigenvalue weighted by molar-refractivity contribution is -0.117. The summed E-state index contributed by atoms with van der Waals surface area (Å²) in [5.74, 6) is -0.254. The van der Waals surface area contributed by atoms with Crippen molar-refractivity contribution >= 4 is 28.4 Å². The van der Waals surface area contributed by atoms with E-state index >= 15 is 0 Å². The third-order valence-corrected chi connectivity index (χ3v) is 4.41. The summed E-state index contributed by atoms with van der Waals surface area (Å²) >= 11 is 1.45. The molecule has 1 aromatic carbocycles. The second-order valence-electron chi connectivity index (χ2n) is 5.13. The molecule has 3 rings (SSSR count). The molecule has 1 atom stereocenters. The SMILES string of the molecule is Cc1ccccc1Cc1cnc(NC(=O)[C@H]2CNC(=O)N2)s1. The Hall–Kier alpha value is -2.41. The zero-order chi connectivity index (χ0) is 15.5. The highest BCUT2D eigenvalue weighted by Gasteiger charge is 2.27. The molecule has 2 heterocycles. The Kier molecular flexibility index (Phi) is 4.06. The van der Waals surface area contributed by atoms with Gasteiger partial charge in [0.1, 0.15) is 6.04 Å². The zero-order valence-corrected chi connectivity index (χ0v) is 12.9. The van der Waals surface area contributed by atoms with Crippen molar-refractivity contribution in [2.24, 2.45) is 0 Å². The Bertz CT molecular complexity index is 713. The van der Waals surface area contributed by atoms with Gasteiger partial charge in [-0.1, -0.05) is 24.3 Å². The fourth-order valence-electron chi connectivity index (χ4n) is 2.25. The van der Waals surface area contributed by atoms with Gasteiger partial charge in [-0.15, -0.1) is 11.3 Å². The van der Waals surface area contributed by atoms with Gasteiger partial charge in [0, 0.05) is 24.0 Å². The zero-order valence-electron chi connectivity index (χ0n) is 12.1. The first kappa shape index (κ1) is 14.5. The molecule has 0 saturated carbocycles. The van der Waals surface area contributed by atoms with E-state index in [9.17, 15) is 9.59 Å². The molecule has 6 nitrogen and oxygen atoms in total. The van der Waals surface area contributed by atoms with Crippen LogP contribution in [0.15, 0.2) is 30.5 Å². The summed E-state index contributed by atoms with van der Waals surface area (Å²) in [6.07, 6.45) is 2.57. The Balaban J connectivity index is 1.63. The van der Waals surface area contributed by atoms with Gasteiger partial charge in [0.05, 0.1) is 0 Å². The lowest BCUT2D eigenvalue weighted by Crippen LogP contribution is -2.38. The van der Waals surface area contributed by atoms with Crippen molar-refractivity contribution in [2.75, 3.05) is 11.9 Å². The standard InChI is InChI=1S/C15H16N4O2S/c1-9-4-2-3-5-10(9)6-11-7-17-15(22-11)19-13(20)12-8-16-14(21)18-12/h2-5,7,12H,6,8H2,1H3,(H2,16,18,21)(H,17,19,20)/t12-/m1/s1. The van der Waals surface area contributed by atoms with Crippen LogP contribution in [0.2, 0.25) is 0 Å². The van der Waals surface area contributed by atoms with E-state index in [1.165, 1.54) is 22.5 Å². The fourth-order valence-corrected chi connectivity index (χ4v) is 3.09. The third-order valence-electron chi connectivity index (χ3n) is 3.50. The number of amides is 3. The Labute approximate surface area is 132 Å². The summed E-state index contributed by atoms with van der Waals surface area (Å²) in [6.45, 7) is 2.38. The molecule has 0 spiro atoms. The quantitative estimate of drug-likeness (QED) is 0.802. The van der Waals surface area contributed by atoms with Gasteiger partial charge in [-0.25, -0.2) is 9.78 Å². The lowest BCUT2D eigenvalue weighted by atomic mass is 10.1. The number of aryl methyl sites for hydroxylation is 1. The maximum Gasteiger partial charge on any atom is 0.315 e. The van der Waals surface area contributed by atoms with Crippen LogP contribution >= 0.6 is 11.3 Å². The lowest BCUT2D eigenvalue weighted by Gasteiger charge is -2.07. The van der Waals surface area contributed by atoms with Crippen LogP contribution in [0, 0.1) is 6.92 Å². The van der Waals surface area contributed by atoms with Crippen LogP contribution in [0.3, 0.4) is 0 Å². The second-order valence-corrected chi connectivity index (χ2v) is 6.25. The van der Waals surface area contributed by atoms with Gasteiger partial charge in [0.25, 0.3) is 5.91 Å². The molecule has 0 bridgehead atoms. The van der Waals surface area contributed by atoms with Crippen molar-refractivity contribution in [1.29, 1.82) is 0 Å². The van der Waals surface area contributed by atoms with E-state index in [-0.39, 0.29) is 11.9 Å². The molecule has 3 amide bonds. The Morgan fingerprint density at radius 2 is 2.27 bits per heavy atom. The van der Waals surface area contributed by atoms with Gasteiger partial charge >= 0.3 is 6.03 Å². The minimum Gasteiger partial charge on any atom is -0.336 e. The summed E-state index contributed by atoms with van der Waals surface area (Å²) in [7, 11) is 0. The van der Waals surface area contributed by atoms with E-state index in [4.69, 9.17) is 0 Å². The van der Waals surface area contributed by atoms with Crippen molar-refractivity contribution in [3.8, 4) is 0 Å². The summed E-state index contributed by atoms with van der Waals surface area (Å²) < 4.78 is 0. The second kappa shape index (κ2) is 6.15. The van der Waals surface area contributed by atoms with Crippen molar-refractivity contribution in [3.63, 3.8) is 0 Å². The molecule has 0 unspecified atom stereocenters. The van der Waals surface area contributed by atoms with Crippen LogP contribution in [-0.4, -0.2) is 29.5 Å². The number of anilines is 1. The molecule has 0 radical (unpaired) electrons. The predicted molar refractivity (Wildman–Crippen MR) is 85.1 cm³/mol. The molecule has 2 aromatic rings. The largest absolute Gasteiger partial charge is 0.336 e. The number of nitrogens with one attached hydrogen (secondary N) is 3. The number of urea groups is 1. The molecular weight excluding hydrogens is 300 g/mol. The van der Waals surface area contributed by atoms with E-state index in [2.05, 4.69) is 40.0 Å². The van der Waals surface area contributed by atoms with Gasteiger partial charge in [-0.05, 0) is 18.1 Å². The number of thiazole rings is 1. The highest BCUT2D eigenvalue weighted by molar-refractivity contribution is 7.15. The van der Waals surface area contributed by atoms with Crippen LogP contribution < -0.4 is 16.0 Å². The average molecular weight is 316 g/mol. The van der Waals surface area contributed by atoms with Gasteiger partial charge in [-0.3, -0.25) is 4.79 Å². The van der Waals surface area contributed by atoms with Gasteiger partial charge in [0.15, 0.2) is 5.13 Å². The van der Waals surface area contributed by atoms with Crippen LogP contribution in [0.5, 0.6) is 0 Å². The molecule has 114 valence electrons. The number of carbonyl (C=O) groups is 2. The minimum absolute atomic E-state index is 0.254. The van der Waals surface area contributed by atoms with Crippen LogP contribution in [-0.2, 0) is 11.2 Å². The third kappa shape index (κ3) is 3.25. The molecule has 22 heavy (non-hydrogen) atoms. The first-order valence-electron chi connectivity index (χ1n) is 6.96. The summed E-state index contributed by atoms with van der Waals surface area (Å²) in [5.41, 5.74) is 2.48. The average Bonchev–Trinajstić information content (AvgIpc) is 3.11. The van der Waals surface area contributed by atoms with Crippen LogP contribution in [0.4, 0.5) is 9.93 Å². The van der Waals surface area contributed by atoms with Crippen LogP contribution in [0.1, 0.15) is 16.0 Å². The maximum atomic E-state index is 12.0. The predicted octanol–water partition coefficient (Wildman–Crippen LogP) is 1.66. The monoisotopic (exact) mass is 316 g/mol. The van der Waals surface area contributed by atoms with Crippen molar-refractivity contribution in [1.82, 2.24) is 15.6 Å². The number of carbonyl (C=O) groups excluding carboxylic acids is 2. The summed E-state index contributed by atoms with van der Waals surface area (Å²) in [4.78, 5) is 28.3. The molecule has 1 aliphatic rings. The first-order valence-corrected chi connectivity index (χ1v) is 7.78. The molecule has 7 heteroatoms. The van der Waals surface area contributed by atoms with E-state index < -0.39 is 6.04 Å². The smallest absolute Gasteiger partial charge is 0.315 e. The number of nitrogens with zero attached hydrogens (tertiary/aromatic N) is 1. The Morgan fingerprint density at radius 1 is 1.45 bits per heavy atom. The summed E-state index contributed by atoms with van der Waals surface area (Å²) in [5, 5.41) is 8.38. The molecular formula is C15H16N4O2S.